The van der Waals surface area contributed by atoms with Gasteiger partial charge in [0.15, 0.2) is 11.6 Å². The van der Waals surface area contributed by atoms with Crippen LogP contribution in [0.2, 0.25) is 0 Å². The van der Waals surface area contributed by atoms with Gasteiger partial charge in [0.25, 0.3) is 0 Å². The largest absolute Gasteiger partial charge is 0.337 e. The molecular weight excluding hydrogens is 387 g/mol. The highest BCUT2D eigenvalue weighted by molar-refractivity contribution is 5.88. The molecule has 4 aromatic rings. The summed E-state index contributed by atoms with van der Waals surface area (Å²) in [6.07, 6.45) is 4.01. The SMILES string of the molecule is CC(C)n1nnc(CCNC(=O)Nc2cn3cc(-c4cccc(F)c4)ccc3n2)n1. The highest BCUT2D eigenvalue weighted by atomic mass is 19.1. The van der Waals surface area contributed by atoms with Gasteiger partial charge in [0.2, 0.25) is 0 Å². The van der Waals surface area contributed by atoms with Gasteiger partial charge in [0, 0.05) is 19.2 Å². The standard InChI is InChI=1S/C20H21FN8O/c1-13(2)29-26-17(25-27-29)8-9-22-20(30)24-18-12-28-11-15(6-7-19(28)23-18)14-4-3-5-16(21)10-14/h3-7,10-13H,8-9H2,1-2H3,(H2,22,24,30). The predicted molar refractivity (Wildman–Crippen MR) is 110 cm³/mol. The molecule has 10 heteroatoms. The Morgan fingerprint density at radius 3 is 2.80 bits per heavy atom. The lowest BCUT2D eigenvalue weighted by Gasteiger charge is -2.03. The molecule has 3 heterocycles. The predicted octanol–water partition coefficient (Wildman–Crippen LogP) is 3.07. The van der Waals surface area contributed by atoms with E-state index in [2.05, 4.69) is 31.0 Å². The van der Waals surface area contributed by atoms with Crippen LogP contribution in [0.15, 0.2) is 48.8 Å². The van der Waals surface area contributed by atoms with Crippen LogP contribution in [0.4, 0.5) is 15.0 Å². The molecule has 3 aromatic heterocycles. The molecule has 0 radical (unpaired) electrons. The second-order valence-corrected chi connectivity index (χ2v) is 7.07. The molecule has 0 spiro atoms. The van der Waals surface area contributed by atoms with Gasteiger partial charge in [0.05, 0.1) is 12.2 Å². The highest BCUT2D eigenvalue weighted by Crippen LogP contribution is 2.21. The second kappa shape index (κ2) is 8.27. The smallest absolute Gasteiger partial charge is 0.320 e. The van der Waals surface area contributed by atoms with E-state index in [1.807, 2.05) is 38.2 Å². The first-order chi connectivity index (χ1) is 14.5. The number of rotatable bonds is 6. The van der Waals surface area contributed by atoms with Gasteiger partial charge in [-0.3, -0.25) is 5.32 Å². The molecule has 0 bridgehead atoms. The van der Waals surface area contributed by atoms with Crippen molar-refractivity contribution in [2.75, 3.05) is 11.9 Å². The number of pyridine rings is 1. The summed E-state index contributed by atoms with van der Waals surface area (Å²) >= 11 is 0. The van der Waals surface area contributed by atoms with E-state index in [1.54, 1.807) is 16.7 Å². The van der Waals surface area contributed by atoms with Crippen molar-refractivity contribution in [2.24, 2.45) is 0 Å². The molecule has 154 valence electrons. The molecule has 0 unspecified atom stereocenters. The van der Waals surface area contributed by atoms with Crippen LogP contribution in [-0.2, 0) is 6.42 Å². The lowest BCUT2D eigenvalue weighted by Crippen LogP contribution is -2.30. The first-order valence-corrected chi connectivity index (χ1v) is 9.56. The molecule has 30 heavy (non-hydrogen) atoms. The number of hydrogen-bond donors (Lipinski definition) is 2. The number of hydrogen-bond acceptors (Lipinski definition) is 5. The molecule has 0 aliphatic carbocycles. The number of imidazole rings is 1. The third-order valence-electron chi connectivity index (χ3n) is 4.42. The number of anilines is 1. The molecule has 9 nitrogen and oxygen atoms in total. The van der Waals surface area contributed by atoms with Crippen molar-refractivity contribution in [3.63, 3.8) is 0 Å². The molecular formula is C20H21FN8O. The van der Waals surface area contributed by atoms with E-state index in [-0.39, 0.29) is 17.9 Å². The fourth-order valence-corrected chi connectivity index (χ4v) is 2.91. The molecule has 4 rings (SSSR count). The van der Waals surface area contributed by atoms with E-state index in [9.17, 15) is 9.18 Å². The fourth-order valence-electron chi connectivity index (χ4n) is 2.91. The summed E-state index contributed by atoms with van der Waals surface area (Å²) in [6.45, 7) is 4.30. The molecule has 0 fully saturated rings. The van der Waals surface area contributed by atoms with Crippen LogP contribution in [0.3, 0.4) is 0 Å². The number of halogens is 1. The van der Waals surface area contributed by atoms with E-state index < -0.39 is 0 Å². The number of nitrogens with one attached hydrogen (secondary N) is 2. The van der Waals surface area contributed by atoms with Crippen molar-refractivity contribution >= 4 is 17.5 Å². The van der Waals surface area contributed by atoms with Crippen molar-refractivity contribution in [1.29, 1.82) is 0 Å². The fraction of sp³-hybridized carbons (Fsp3) is 0.250. The van der Waals surface area contributed by atoms with Gasteiger partial charge in [0.1, 0.15) is 11.5 Å². The third-order valence-corrected chi connectivity index (χ3v) is 4.42. The molecule has 0 saturated carbocycles. The lowest BCUT2D eigenvalue weighted by atomic mass is 10.1. The highest BCUT2D eigenvalue weighted by Gasteiger charge is 2.09. The number of amides is 2. The topological polar surface area (TPSA) is 102 Å². The van der Waals surface area contributed by atoms with Crippen molar-refractivity contribution in [3.05, 3.63) is 60.4 Å². The number of tetrazole rings is 1. The zero-order valence-corrected chi connectivity index (χ0v) is 16.6. The first kappa shape index (κ1) is 19.5. The average Bonchev–Trinajstić information content (AvgIpc) is 3.34. The molecule has 0 saturated heterocycles. The Morgan fingerprint density at radius 1 is 1.17 bits per heavy atom. The van der Waals surface area contributed by atoms with E-state index in [4.69, 9.17) is 0 Å². The summed E-state index contributed by atoms with van der Waals surface area (Å²) in [4.78, 5) is 18.0. The Balaban J connectivity index is 1.36. The van der Waals surface area contributed by atoms with Crippen LogP contribution in [0.5, 0.6) is 0 Å². The van der Waals surface area contributed by atoms with E-state index in [1.165, 1.54) is 16.9 Å². The van der Waals surface area contributed by atoms with Crippen LogP contribution in [-0.4, -0.2) is 42.2 Å². The summed E-state index contributed by atoms with van der Waals surface area (Å²) in [5, 5.41) is 17.6. The minimum absolute atomic E-state index is 0.138. The second-order valence-electron chi connectivity index (χ2n) is 7.07. The van der Waals surface area contributed by atoms with E-state index >= 15 is 0 Å². The van der Waals surface area contributed by atoms with Crippen LogP contribution in [0, 0.1) is 5.82 Å². The van der Waals surface area contributed by atoms with E-state index in [0.29, 0.717) is 30.3 Å². The van der Waals surface area contributed by atoms with Crippen LogP contribution >= 0.6 is 0 Å². The van der Waals surface area contributed by atoms with Gasteiger partial charge in [-0.05, 0) is 54.5 Å². The van der Waals surface area contributed by atoms with Gasteiger partial charge in [-0.25, -0.2) is 14.2 Å². The normalized spacial score (nSPS) is 11.2. The summed E-state index contributed by atoms with van der Waals surface area (Å²) in [7, 11) is 0. The maximum atomic E-state index is 13.5. The minimum Gasteiger partial charge on any atom is -0.337 e. The van der Waals surface area contributed by atoms with Gasteiger partial charge >= 0.3 is 6.03 Å². The summed E-state index contributed by atoms with van der Waals surface area (Å²) < 4.78 is 15.3. The van der Waals surface area contributed by atoms with Gasteiger partial charge in [-0.15, -0.1) is 10.2 Å². The Morgan fingerprint density at radius 2 is 2.03 bits per heavy atom. The van der Waals surface area contributed by atoms with Gasteiger partial charge < -0.3 is 9.72 Å². The monoisotopic (exact) mass is 408 g/mol. The maximum absolute atomic E-state index is 13.5. The Bertz CT molecular complexity index is 1180. The van der Waals surface area contributed by atoms with Crippen molar-refractivity contribution in [2.45, 2.75) is 26.3 Å². The Hall–Kier alpha value is -3.82. The zero-order chi connectivity index (χ0) is 21.1. The molecule has 2 amide bonds. The average molecular weight is 408 g/mol. The number of benzene rings is 1. The Kier molecular flexibility index (Phi) is 5.38. The molecule has 2 N–H and O–H groups in total. The number of fused-ring (bicyclic) bond motifs is 1. The zero-order valence-electron chi connectivity index (χ0n) is 16.6. The summed E-state index contributed by atoms with van der Waals surface area (Å²) in [6, 6.07) is 9.81. The first-order valence-electron chi connectivity index (χ1n) is 9.56. The number of nitrogens with zero attached hydrogens (tertiary/aromatic N) is 6. The van der Waals surface area contributed by atoms with E-state index in [0.717, 1.165) is 11.1 Å². The van der Waals surface area contributed by atoms with Crippen molar-refractivity contribution in [3.8, 4) is 11.1 Å². The molecule has 0 atom stereocenters. The summed E-state index contributed by atoms with van der Waals surface area (Å²) in [5.41, 5.74) is 2.28. The van der Waals surface area contributed by atoms with Crippen LogP contribution in [0.1, 0.15) is 25.7 Å². The molecule has 0 aliphatic rings. The molecule has 1 aromatic carbocycles. The van der Waals surface area contributed by atoms with Crippen molar-refractivity contribution in [1.82, 2.24) is 34.9 Å². The van der Waals surface area contributed by atoms with Gasteiger partial charge in [-0.2, -0.15) is 4.80 Å². The van der Waals surface area contributed by atoms with Gasteiger partial charge in [-0.1, -0.05) is 12.1 Å². The number of carbonyl (C=O) groups excluding carboxylic acids is 1. The number of aromatic nitrogens is 6. The number of urea groups is 1. The Labute approximate surface area is 171 Å². The summed E-state index contributed by atoms with van der Waals surface area (Å²) in [5.74, 6) is 0.689. The minimum atomic E-state index is -0.375. The molecule has 0 aliphatic heterocycles. The van der Waals surface area contributed by atoms with Crippen LogP contribution < -0.4 is 10.6 Å². The lowest BCUT2D eigenvalue weighted by molar-refractivity contribution is 0.252. The number of carbonyl (C=O) groups is 1. The maximum Gasteiger partial charge on any atom is 0.320 e. The third kappa shape index (κ3) is 4.43. The quantitative estimate of drug-likeness (QED) is 0.511. The van der Waals surface area contributed by atoms with Crippen LogP contribution in [0.25, 0.3) is 16.8 Å². The van der Waals surface area contributed by atoms with Crippen molar-refractivity contribution < 1.29 is 9.18 Å².